The molecule has 0 spiro atoms. The predicted octanol–water partition coefficient (Wildman–Crippen LogP) is 1.16. The molecule has 2 aromatic rings. The van der Waals surface area contributed by atoms with Crippen molar-refractivity contribution in [3.8, 4) is 17.2 Å². The molecule has 1 aromatic heterocycles. The fourth-order valence-corrected chi connectivity index (χ4v) is 3.01. The van der Waals surface area contributed by atoms with Gasteiger partial charge >= 0.3 is 5.97 Å². The molecule has 0 radical (unpaired) electrons. The molecular weight excluding hydrogens is 342 g/mol. The zero-order chi connectivity index (χ0) is 18.8. The fourth-order valence-electron chi connectivity index (χ4n) is 3.01. The number of fused-ring (bicyclic) bond motifs is 1. The van der Waals surface area contributed by atoms with Crippen LogP contribution < -0.4 is 19.5 Å². The maximum atomic E-state index is 12.5. The lowest BCUT2D eigenvalue weighted by Crippen LogP contribution is -2.29. The number of allylic oxidation sites excluding steroid dienone is 1. The standard InChI is InChI=1S/C16H19N5O5/c1-8-11(15(22)26-5)12(21-16(17-8)18-19-20-21)9-6-7-10(23-2)14(25-4)13(9)24-3/h6-7,12H,1-5H3,(H,17,18,20)/t12-/m1/s1. The largest absolute Gasteiger partial charge is 0.493 e. The number of ether oxygens (including phenoxy) is 4. The van der Waals surface area contributed by atoms with E-state index in [-0.39, 0.29) is 0 Å². The van der Waals surface area contributed by atoms with E-state index in [9.17, 15) is 4.79 Å². The lowest BCUT2D eigenvalue weighted by Gasteiger charge is -2.28. The molecule has 0 aliphatic carbocycles. The lowest BCUT2D eigenvalue weighted by molar-refractivity contribution is -0.136. The Balaban J connectivity index is 2.28. The van der Waals surface area contributed by atoms with Crippen molar-refractivity contribution in [3.63, 3.8) is 0 Å². The van der Waals surface area contributed by atoms with Crippen LogP contribution in [0.4, 0.5) is 5.95 Å². The average molecular weight is 361 g/mol. The van der Waals surface area contributed by atoms with Crippen LogP contribution in [0.15, 0.2) is 23.4 Å². The molecule has 0 amide bonds. The molecule has 0 bridgehead atoms. The third-order valence-corrected chi connectivity index (χ3v) is 4.15. The Morgan fingerprint density at radius 2 is 1.85 bits per heavy atom. The lowest BCUT2D eigenvalue weighted by atomic mass is 9.94. The first-order valence-electron chi connectivity index (χ1n) is 7.70. The van der Waals surface area contributed by atoms with Crippen LogP contribution in [-0.2, 0) is 9.53 Å². The quantitative estimate of drug-likeness (QED) is 0.784. The van der Waals surface area contributed by atoms with E-state index < -0.39 is 12.0 Å². The van der Waals surface area contributed by atoms with E-state index in [1.54, 1.807) is 19.1 Å². The second kappa shape index (κ2) is 6.90. The van der Waals surface area contributed by atoms with Gasteiger partial charge in [0.2, 0.25) is 11.7 Å². The van der Waals surface area contributed by atoms with Crippen LogP contribution in [0.1, 0.15) is 18.5 Å². The molecule has 1 aromatic carbocycles. The monoisotopic (exact) mass is 361 g/mol. The summed E-state index contributed by atoms with van der Waals surface area (Å²) in [7, 11) is 5.87. The van der Waals surface area contributed by atoms with Gasteiger partial charge in [0.1, 0.15) is 6.04 Å². The summed E-state index contributed by atoms with van der Waals surface area (Å²) in [4.78, 5) is 12.5. The molecule has 1 atom stereocenters. The van der Waals surface area contributed by atoms with Crippen LogP contribution >= 0.6 is 0 Å². The van der Waals surface area contributed by atoms with Crippen molar-refractivity contribution >= 4 is 11.9 Å². The Morgan fingerprint density at radius 3 is 2.46 bits per heavy atom. The summed E-state index contributed by atoms with van der Waals surface area (Å²) >= 11 is 0. The van der Waals surface area contributed by atoms with Gasteiger partial charge in [-0.1, -0.05) is 5.10 Å². The molecule has 138 valence electrons. The molecule has 1 N–H and O–H groups in total. The maximum absolute atomic E-state index is 12.5. The van der Waals surface area contributed by atoms with E-state index in [2.05, 4.69) is 20.8 Å². The number of methoxy groups -OCH3 is 4. The first-order chi connectivity index (χ1) is 12.6. The normalized spacial score (nSPS) is 15.8. The minimum absolute atomic E-state index is 0.359. The fraction of sp³-hybridized carbons (Fsp3) is 0.375. The molecule has 2 heterocycles. The number of anilines is 1. The third-order valence-electron chi connectivity index (χ3n) is 4.15. The number of nitrogens with one attached hydrogen (secondary N) is 1. The minimum Gasteiger partial charge on any atom is -0.493 e. The van der Waals surface area contributed by atoms with Crippen molar-refractivity contribution in [1.82, 2.24) is 20.2 Å². The smallest absolute Gasteiger partial charge is 0.338 e. The highest BCUT2D eigenvalue weighted by Gasteiger charge is 2.37. The first-order valence-corrected chi connectivity index (χ1v) is 7.70. The molecule has 26 heavy (non-hydrogen) atoms. The number of carbonyl (C=O) groups is 1. The molecule has 0 fully saturated rings. The molecular formula is C16H19N5O5. The van der Waals surface area contributed by atoms with E-state index in [1.165, 1.54) is 33.1 Å². The van der Waals surface area contributed by atoms with Gasteiger partial charge in [0.05, 0.1) is 34.0 Å². The van der Waals surface area contributed by atoms with Gasteiger partial charge in [-0.2, -0.15) is 4.68 Å². The molecule has 1 aliphatic heterocycles. The maximum Gasteiger partial charge on any atom is 0.338 e. The number of esters is 1. The number of carbonyl (C=O) groups excluding carboxylic acids is 1. The number of tetrazole rings is 1. The van der Waals surface area contributed by atoms with Gasteiger partial charge in [0, 0.05) is 11.3 Å². The Kier molecular flexibility index (Phi) is 4.65. The topological polar surface area (TPSA) is 110 Å². The molecule has 0 saturated carbocycles. The van der Waals surface area contributed by atoms with Crippen molar-refractivity contribution < 1.29 is 23.7 Å². The van der Waals surface area contributed by atoms with E-state index >= 15 is 0 Å². The summed E-state index contributed by atoms with van der Waals surface area (Å²) in [5.41, 5.74) is 1.57. The second-order valence-electron chi connectivity index (χ2n) is 5.43. The van der Waals surface area contributed by atoms with Crippen molar-refractivity contribution in [1.29, 1.82) is 0 Å². The van der Waals surface area contributed by atoms with Gasteiger partial charge in [-0.3, -0.25) is 0 Å². The van der Waals surface area contributed by atoms with E-state index in [0.29, 0.717) is 40.0 Å². The SMILES string of the molecule is COC(=O)C1=C(C)Nc2nnnn2[C@@H]1c1ccc(OC)c(OC)c1OC. The average Bonchev–Trinajstić information content (AvgIpc) is 3.12. The number of hydrogen-bond donors (Lipinski definition) is 1. The van der Waals surface area contributed by atoms with Crippen molar-refractivity contribution in [2.24, 2.45) is 0 Å². The summed E-state index contributed by atoms with van der Waals surface area (Å²) in [5, 5.41) is 14.6. The van der Waals surface area contributed by atoms with E-state index in [0.717, 1.165) is 0 Å². The Hall–Kier alpha value is -3.30. The van der Waals surface area contributed by atoms with Crippen LogP contribution in [0.25, 0.3) is 0 Å². The minimum atomic E-state index is -0.663. The predicted molar refractivity (Wildman–Crippen MR) is 90.4 cm³/mol. The molecule has 10 nitrogen and oxygen atoms in total. The Morgan fingerprint density at radius 1 is 1.12 bits per heavy atom. The van der Waals surface area contributed by atoms with Gasteiger partial charge in [-0.25, -0.2) is 4.79 Å². The highest BCUT2D eigenvalue weighted by atomic mass is 16.5. The summed E-state index contributed by atoms with van der Waals surface area (Å²) in [6, 6.07) is 2.84. The summed E-state index contributed by atoms with van der Waals surface area (Å²) in [6.07, 6.45) is 0. The molecule has 0 unspecified atom stereocenters. The first kappa shape index (κ1) is 17.5. The van der Waals surface area contributed by atoms with Gasteiger partial charge in [0.25, 0.3) is 0 Å². The van der Waals surface area contributed by atoms with Crippen molar-refractivity contribution in [2.75, 3.05) is 33.8 Å². The van der Waals surface area contributed by atoms with Crippen LogP contribution in [0.3, 0.4) is 0 Å². The Labute approximate surface area is 149 Å². The number of nitrogens with zero attached hydrogens (tertiary/aromatic N) is 4. The highest BCUT2D eigenvalue weighted by Crippen LogP contribution is 2.46. The van der Waals surface area contributed by atoms with Crippen LogP contribution in [-0.4, -0.2) is 54.6 Å². The third kappa shape index (κ3) is 2.59. The van der Waals surface area contributed by atoms with Gasteiger partial charge < -0.3 is 24.3 Å². The summed E-state index contributed by atoms with van der Waals surface area (Å²) in [6.45, 7) is 1.75. The van der Waals surface area contributed by atoms with Crippen LogP contribution in [0.5, 0.6) is 17.2 Å². The van der Waals surface area contributed by atoms with E-state index in [1.807, 2.05) is 0 Å². The van der Waals surface area contributed by atoms with Gasteiger partial charge in [-0.05, 0) is 29.5 Å². The number of hydrogen-bond acceptors (Lipinski definition) is 9. The van der Waals surface area contributed by atoms with Crippen LogP contribution in [0.2, 0.25) is 0 Å². The van der Waals surface area contributed by atoms with Gasteiger partial charge in [-0.15, -0.1) is 0 Å². The molecule has 1 aliphatic rings. The molecule has 0 saturated heterocycles. The number of benzene rings is 1. The number of rotatable bonds is 5. The summed E-state index contributed by atoms with van der Waals surface area (Å²) in [5.74, 6) is 1.21. The van der Waals surface area contributed by atoms with Crippen molar-refractivity contribution in [2.45, 2.75) is 13.0 Å². The second-order valence-corrected chi connectivity index (χ2v) is 5.43. The number of aromatic nitrogens is 4. The van der Waals surface area contributed by atoms with Gasteiger partial charge in [0.15, 0.2) is 11.5 Å². The van der Waals surface area contributed by atoms with Crippen molar-refractivity contribution in [3.05, 3.63) is 29.0 Å². The van der Waals surface area contributed by atoms with E-state index in [4.69, 9.17) is 18.9 Å². The Bertz CT molecular complexity index is 876. The van der Waals surface area contributed by atoms with Crippen LogP contribution in [0, 0.1) is 0 Å². The summed E-state index contributed by atoms with van der Waals surface area (Å²) < 4.78 is 22.8. The zero-order valence-electron chi connectivity index (χ0n) is 15.1. The molecule has 10 heteroatoms. The molecule has 3 rings (SSSR count). The highest BCUT2D eigenvalue weighted by molar-refractivity contribution is 5.92. The zero-order valence-corrected chi connectivity index (χ0v) is 15.1.